The normalized spacial score (nSPS) is 12.6. The third-order valence-electron chi connectivity index (χ3n) is 3.98. The summed E-state index contributed by atoms with van der Waals surface area (Å²) >= 11 is 0. The zero-order chi connectivity index (χ0) is 15.2. The Labute approximate surface area is 128 Å². The fourth-order valence-corrected chi connectivity index (χ4v) is 2.61. The molecule has 2 heteroatoms. The number of nitrogens with two attached hydrogens (primary N) is 1. The minimum absolute atomic E-state index is 0.343. The van der Waals surface area contributed by atoms with Crippen molar-refractivity contribution in [2.75, 3.05) is 5.73 Å². The minimum atomic E-state index is 0.343. The lowest BCUT2D eigenvalue weighted by Crippen LogP contribution is -2.25. The number of nitrogen functional groups attached to an aromatic ring is 1. The van der Waals surface area contributed by atoms with E-state index in [0.29, 0.717) is 12.0 Å². The summed E-state index contributed by atoms with van der Waals surface area (Å²) in [5, 5.41) is 3.65. The Morgan fingerprint density at radius 2 is 1.67 bits per heavy atom. The summed E-state index contributed by atoms with van der Waals surface area (Å²) in [4.78, 5) is 0. The predicted molar refractivity (Wildman–Crippen MR) is 91.1 cm³/mol. The van der Waals surface area contributed by atoms with Gasteiger partial charge in [-0.3, -0.25) is 0 Å². The Hall–Kier alpha value is -1.80. The van der Waals surface area contributed by atoms with Crippen molar-refractivity contribution in [3.8, 4) is 0 Å². The molecule has 2 aromatic rings. The quantitative estimate of drug-likeness (QED) is 0.774. The van der Waals surface area contributed by atoms with Crippen LogP contribution in [0.25, 0.3) is 0 Å². The molecular formula is C19H26N2. The molecule has 0 spiro atoms. The van der Waals surface area contributed by atoms with Crippen LogP contribution in [0.15, 0.2) is 48.5 Å². The van der Waals surface area contributed by atoms with Crippen molar-refractivity contribution in [2.24, 2.45) is 5.92 Å². The summed E-state index contributed by atoms with van der Waals surface area (Å²) in [6.45, 7) is 7.48. The average Bonchev–Trinajstić information content (AvgIpc) is 2.49. The first-order chi connectivity index (χ1) is 10.1. The number of para-hydroxylation sites is 1. The first-order valence-electron chi connectivity index (χ1n) is 7.77. The molecule has 2 nitrogen and oxygen atoms in total. The number of benzene rings is 2. The molecule has 2 aromatic carbocycles. The molecule has 0 saturated heterocycles. The van der Waals surface area contributed by atoms with Crippen LogP contribution in [0, 0.1) is 5.92 Å². The van der Waals surface area contributed by atoms with Gasteiger partial charge in [0.2, 0.25) is 0 Å². The summed E-state index contributed by atoms with van der Waals surface area (Å²) in [7, 11) is 0. The molecule has 0 bridgehead atoms. The van der Waals surface area contributed by atoms with Gasteiger partial charge in [0.05, 0.1) is 0 Å². The summed E-state index contributed by atoms with van der Waals surface area (Å²) < 4.78 is 0. The zero-order valence-electron chi connectivity index (χ0n) is 13.3. The highest BCUT2D eigenvalue weighted by Gasteiger charge is 2.15. The summed E-state index contributed by atoms with van der Waals surface area (Å²) in [5.74, 6) is 0.530. The molecule has 112 valence electrons. The monoisotopic (exact) mass is 282 g/mol. The molecule has 0 aliphatic heterocycles. The molecule has 0 fully saturated rings. The highest BCUT2D eigenvalue weighted by atomic mass is 14.9. The number of anilines is 1. The van der Waals surface area contributed by atoms with Gasteiger partial charge in [-0.2, -0.15) is 0 Å². The van der Waals surface area contributed by atoms with E-state index in [9.17, 15) is 0 Å². The van der Waals surface area contributed by atoms with Crippen molar-refractivity contribution in [3.63, 3.8) is 0 Å². The lowest BCUT2D eigenvalue weighted by molar-refractivity contribution is 0.411. The molecule has 0 aliphatic carbocycles. The Kier molecular flexibility index (Phi) is 5.40. The molecule has 0 aliphatic rings. The predicted octanol–water partition coefficient (Wildman–Crippen LogP) is 4.32. The molecule has 1 unspecified atom stereocenters. The van der Waals surface area contributed by atoms with Crippen LogP contribution in [0.5, 0.6) is 0 Å². The Balaban J connectivity index is 2.10. The van der Waals surface area contributed by atoms with Gasteiger partial charge in [0.15, 0.2) is 0 Å². The Bertz CT molecular complexity index is 558. The van der Waals surface area contributed by atoms with Gasteiger partial charge in [-0.25, -0.2) is 0 Å². The molecule has 0 heterocycles. The molecule has 2 rings (SSSR count). The topological polar surface area (TPSA) is 38.0 Å². The lowest BCUT2D eigenvalue weighted by Gasteiger charge is -2.23. The van der Waals surface area contributed by atoms with Gasteiger partial charge < -0.3 is 11.1 Å². The van der Waals surface area contributed by atoms with Gasteiger partial charge in [-0.05, 0) is 35.1 Å². The van der Waals surface area contributed by atoms with Gasteiger partial charge >= 0.3 is 0 Å². The fourth-order valence-electron chi connectivity index (χ4n) is 2.61. The second-order valence-electron chi connectivity index (χ2n) is 5.90. The maximum Gasteiger partial charge on any atom is 0.0359 e. The largest absolute Gasteiger partial charge is 0.398 e. The fraction of sp³-hybridized carbons (Fsp3) is 0.368. The van der Waals surface area contributed by atoms with Crippen LogP contribution in [0.1, 0.15) is 43.5 Å². The van der Waals surface area contributed by atoms with Gasteiger partial charge in [-0.1, -0.05) is 63.2 Å². The van der Waals surface area contributed by atoms with Crippen LogP contribution in [0.3, 0.4) is 0 Å². The van der Waals surface area contributed by atoms with Crippen LogP contribution in [-0.2, 0) is 13.0 Å². The van der Waals surface area contributed by atoms with Gasteiger partial charge in [0, 0.05) is 18.3 Å². The van der Waals surface area contributed by atoms with Crippen molar-refractivity contribution in [3.05, 3.63) is 65.2 Å². The number of nitrogens with one attached hydrogen (secondary N) is 1. The number of rotatable bonds is 6. The minimum Gasteiger partial charge on any atom is -0.398 e. The van der Waals surface area contributed by atoms with Crippen molar-refractivity contribution in [2.45, 2.75) is 39.8 Å². The van der Waals surface area contributed by atoms with E-state index >= 15 is 0 Å². The first kappa shape index (κ1) is 15.6. The molecule has 0 radical (unpaired) electrons. The highest BCUT2D eigenvalue weighted by Crippen LogP contribution is 2.23. The van der Waals surface area contributed by atoms with Crippen molar-refractivity contribution in [1.29, 1.82) is 0 Å². The SMILES string of the molecule is CCc1ccc(C(NCc2ccccc2N)C(C)C)cc1. The lowest BCUT2D eigenvalue weighted by atomic mass is 9.94. The molecule has 3 N–H and O–H groups in total. The summed E-state index contributed by atoms with van der Waals surface area (Å²) in [6, 6.07) is 17.3. The van der Waals surface area contributed by atoms with Crippen LogP contribution < -0.4 is 11.1 Å². The van der Waals surface area contributed by atoms with E-state index in [-0.39, 0.29) is 0 Å². The number of hydrogen-bond donors (Lipinski definition) is 2. The van der Waals surface area contributed by atoms with Crippen molar-refractivity contribution >= 4 is 5.69 Å². The van der Waals surface area contributed by atoms with E-state index in [1.165, 1.54) is 11.1 Å². The van der Waals surface area contributed by atoms with E-state index in [4.69, 9.17) is 5.73 Å². The molecule has 0 saturated carbocycles. The molecule has 0 amide bonds. The van der Waals surface area contributed by atoms with Crippen LogP contribution in [-0.4, -0.2) is 0 Å². The molecular weight excluding hydrogens is 256 g/mol. The Morgan fingerprint density at radius 1 is 1.00 bits per heavy atom. The van der Waals surface area contributed by atoms with Crippen molar-refractivity contribution in [1.82, 2.24) is 5.32 Å². The second kappa shape index (κ2) is 7.28. The zero-order valence-corrected chi connectivity index (χ0v) is 13.3. The third-order valence-corrected chi connectivity index (χ3v) is 3.98. The van der Waals surface area contributed by atoms with Crippen LogP contribution in [0.4, 0.5) is 5.69 Å². The molecule has 1 atom stereocenters. The Morgan fingerprint density at radius 3 is 2.24 bits per heavy atom. The van der Waals surface area contributed by atoms with E-state index < -0.39 is 0 Å². The smallest absolute Gasteiger partial charge is 0.0359 e. The van der Waals surface area contributed by atoms with Crippen LogP contribution >= 0.6 is 0 Å². The summed E-state index contributed by atoms with van der Waals surface area (Å²) in [5.41, 5.74) is 10.8. The van der Waals surface area contributed by atoms with E-state index in [1.54, 1.807) is 0 Å². The maximum absolute atomic E-state index is 6.02. The number of hydrogen-bond acceptors (Lipinski definition) is 2. The standard InChI is InChI=1S/C19H26N2/c1-4-15-9-11-16(12-10-15)19(14(2)3)21-13-17-7-5-6-8-18(17)20/h5-12,14,19,21H,4,13,20H2,1-3H3. The van der Waals surface area contributed by atoms with Crippen molar-refractivity contribution < 1.29 is 0 Å². The van der Waals surface area contributed by atoms with E-state index in [1.807, 2.05) is 18.2 Å². The highest BCUT2D eigenvalue weighted by molar-refractivity contribution is 5.46. The van der Waals surface area contributed by atoms with E-state index in [0.717, 1.165) is 24.2 Å². The molecule has 0 aromatic heterocycles. The maximum atomic E-state index is 6.02. The average molecular weight is 282 g/mol. The third kappa shape index (κ3) is 4.08. The van der Waals surface area contributed by atoms with Gasteiger partial charge in [0.1, 0.15) is 0 Å². The second-order valence-corrected chi connectivity index (χ2v) is 5.90. The van der Waals surface area contributed by atoms with Crippen LogP contribution in [0.2, 0.25) is 0 Å². The number of aryl methyl sites for hydroxylation is 1. The van der Waals surface area contributed by atoms with E-state index in [2.05, 4.69) is 56.4 Å². The van der Waals surface area contributed by atoms with Gasteiger partial charge in [0.25, 0.3) is 0 Å². The summed E-state index contributed by atoms with van der Waals surface area (Å²) in [6.07, 6.45) is 1.08. The van der Waals surface area contributed by atoms with Gasteiger partial charge in [-0.15, -0.1) is 0 Å². The molecule has 21 heavy (non-hydrogen) atoms. The first-order valence-corrected chi connectivity index (χ1v) is 7.77.